The van der Waals surface area contributed by atoms with Gasteiger partial charge >= 0.3 is 0 Å². The summed E-state index contributed by atoms with van der Waals surface area (Å²) in [6, 6.07) is 0. The molecule has 0 amide bonds. The minimum absolute atomic E-state index is 0.00547. The van der Waals surface area contributed by atoms with Crippen molar-refractivity contribution in [2.24, 2.45) is 22.2 Å². The molecule has 0 fully saturated rings. The molecule has 0 radical (unpaired) electrons. The third-order valence-electron chi connectivity index (χ3n) is 4.30. The zero-order chi connectivity index (χ0) is 15.3. The first-order valence-electron chi connectivity index (χ1n) is 7.26. The monoisotopic (exact) mass is 267 g/mol. The summed E-state index contributed by atoms with van der Waals surface area (Å²) in [5.74, 6) is 0.0487. The molecule has 0 saturated heterocycles. The van der Waals surface area contributed by atoms with Crippen LogP contribution in [0.1, 0.15) is 54.4 Å². The zero-order valence-corrected chi connectivity index (χ0v) is 14.0. The molecule has 112 valence electrons. The molecule has 0 saturated carbocycles. The van der Waals surface area contributed by atoms with E-state index in [4.69, 9.17) is 0 Å². The molecule has 0 aliphatic carbocycles. The molecule has 1 atom stereocenters. The number of hydrogen-bond donors (Lipinski definition) is 1. The predicted molar refractivity (Wildman–Crippen MR) is 84.3 cm³/mol. The highest BCUT2D eigenvalue weighted by Gasteiger charge is 2.42. The quantitative estimate of drug-likeness (QED) is 0.504. The molecule has 1 unspecified atom stereocenters. The Labute approximate surface area is 120 Å². The first-order chi connectivity index (χ1) is 8.52. The Morgan fingerprint density at radius 2 is 1.63 bits per heavy atom. The van der Waals surface area contributed by atoms with Crippen molar-refractivity contribution >= 4 is 6.29 Å². The zero-order valence-electron chi connectivity index (χ0n) is 14.0. The van der Waals surface area contributed by atoms with Crippen molar-refractivity contribution in [3.63, 3.8) is 0 Å². The van der Waals surface area contributed by atoms with Crippen LogP contribution >= 0.6 is 0 Å². The standard InChI is InChI=1S/C17H33NO/c1-9-15(2,3)13-17(6,7)14(12-19)16(4,5)10-11-18-8/h9,12,14,18H,1,10-11,13H2,2-8H3. The Hall–Kier alpha value is -0.630. The number of carbonyl (C=O) groups excluding carboxylic acids is 1. The summed E-state index contributed by atoms with van der Waals surface area (Å²) in [7, 11) is 1.96. The molecule has 0 bridgehead atoms. The molecule has 0 aromatic carbocycles. The third-order valence-corrected chi connectivity index (χ3v) is 4.30. The van der Waals surface area contributed by atoms with E-state index >= 15 is 0 Å². The van der Waals surface area contributed by atoms with Gasteiger partial charge in [0.2, 0.25) is 0 Å². The minimum Gasteiger partial charge on any atom is -0.320 e. The van der Waals surface area contributed by atoms with E-state index in [1.807, 2.05) is 13.1 Å². The third kappa shape index (κ3) is 5.48. The molecule has 2 nitrogen and oxygen atoms in total. The lowest BCUT2D eigenvalue weighted by Crippen LogP contribution is -2.41. The van der Waals surface area contributed by atoms with Crippen LogP contribution in [0.3, 0.4) is 0 Å². The summed E-state index contributed by atoms with van der Waals surface area (Å²) >= 11 is 0. The maximum Gasteiger partial charge on any atom is 0.124 e. The van der Waals surface area contributed by atoms with Gasteiger partial charge < -0.3 is 10.1 Å². The van der Waals surface area contributed by atoms with Gasteiger partial charge in [-0.25, -0.2) is 0 Å². The Bertz CT molecular complexity index is 302. The Kier molecular flexibility index (Phi) is 6.47. The van der Waals surface area contributed by atoms with E-state index in [0.29, 0.717) is 0 Å². The molecule has 0 spiro atoms. The fourth-order valence-electron chi connectivity index (χ4n) is 3.39. The van der Waals surface area contributed by atoms with Gasteiger partial charge in [-0.3, -0.25) is 0 Å². The maximum absolute atomic E-state index is 11.7. The second kappa shape index (κ2) is 6.69. The summed E-state index contributed by atoms with van der Waals surface area (Å²) in [6.45, 7) is 18.0. The topological polar surface area (TPSA) is 29.1 Å². The molecular weight excluding hydrogens is 234 g/mol. The second-order valence-corrected chi connectivity index (χ2v) is 7.81. The average Bonchev–Trinajstić information content (AvgIpc) is 2.25. The fraction of sp³-hybridized carbons (Fsp3) is 0.824. The Morgan fingerprint density at radius 3 is 2.00 bits per heavy atom. The molecule has 1 N–H and O–H groups in total. The Balaban J connectivity index is 5.11. The van der Waals surface area contributed by atoms with Gasteiger partial charge in [0.05, 0.1) is 0 Å². The lowest BCUT2D eigenvalue weighted by Gasteiger charge is -2.44. The van der Waals surface area contributed by atoms with Gasteiger partial charge in [0.25, 0.3) is 0 Å². The van der Waals surface area contributed by atoms with Crippen LogP contribution in [-0.4, -0.2) is 19.9 Å². The highest BCUT2D eigenvalue weighted by atomic mass is 16.1. The van der Waals surface area contributed by atoms with Crippen molar-refractivity contribution in [3.05, 3.63) is 12.7 Å². The largest absolute Gasteiger partial charge is 0.320 e. The van der Waals surface area contributed by atoms with Gasteiger partial charge in [-0.1, -0.05) is 47.6 Å². The number of allylic oxidation sites excluding steroid dienone is 1. The second-order valence-electron chi connectivity index (χ2n) is 7.81. The number of aldehydes is 1. The first-order valence-corrected chi connectivity index (χ1v) is 7.26. The van der Waals surface area contributed by atoms with Crippen molar-refractivity contribution in [2.45, 2.75) is 54.4 Å². The van der Waals surface area contributed by atoms with E-state index in [2.05, 4.69) is 53.4 Å². The van der Waals surface area contributed by atoms with Crippen LogP contribution in [0.25, 0.3) is 0 Å². The summed E-state index contributed by atoms with van der Waals surface area (Å²) in [5.41, 5.74) is 0.0338. The van der Waals surface area contributed by atoms with Crippen molar-refractivity contribution in [1.29, 1.82) is 0 Å². The summed E-state index contributed by atoms with van der Waals surface area (Å²) in [5, 5.41) is 3.18. The van der Waals surface area contributed by atoms with Gasteiger partial charge in [-0.2, -0.15) is 0 Å². The smallest absolute Gasteiger partial charge is 0.124 e. The van der Waals surface area contributed by atoms with Crippen LogP contribution in [-0.2, 0) is 4.79 Å². The van der Waals surface area contributed by atoms with E-state index in [1.165, 1.54) is 0 Å². The highest BCUT2D eigenvalue weighted by molar-refractivity contribution is 5.56. The van der Waals surface area contributed by atoms with Crippen LogP contribution < -0.4 is 5.32 Å². The molecule has 0 aliphatic rings. The van der Waals surface area contributed by atoms with E-state index in [9.17, 15) is 4.79 Å². The van der Waals surface area contributed by atoms with E-state index in [-0.39, 0.29) is 22.2 Å². The van der Waals surface area contributed by atoms with Crippen molar-refractivity contribution < 1.29 is 4.79 Å². The van der Waals surface area contributed by atoms with Crippen molar-refractivity contribution in [1.82, 2.24) is 5.32 Å². The van der Waals surface area contributed by atoms with E-state index in [0.717, 1.165) is 25.7 Å². The molecule has 19 heavy (non-hydrogen) atoms. The number of carbonyl (C=O) groups is 1. The molecule has 0 aromatic rings. The van der Waals surface area contributed by atoms with Gasteiger partial charge in [-0.15, -0.1) is 6.58 Å². The summed E-state index contributed by atoms with van der Waals surface area (Å²) in [4.78, 5) is 11.7. The van der Waals surface area contributed by atoms with Gasteiger partial charge in [0, 0.05) is 5.92 Å². The fourth-order valence-corrected chi connectivity index (χ4v) is 3.39. The minimum atomic E-state index is -0.0311. The van der Waals surface area contributed by atoms with E-state index in [1.54, 1.807) is 0 Å². The van der Waals surface area contributed by atoms with E-state index < -0.39 is 0 Å². The van der Waals surface area contributed by atoms with Crippen LogP contribution in [0.5, 0.6) is 0 Å². The lowest BCUT2D eigenvalue weighted by molar-refractivity contribution is -0.120. The highest BCUT2D eigenvalue weighted by Crippen LogP contribution is 2.47. The van der Waals surface area contributed by atoms with Gasteiger partial charge in [0.15, 0.2) is 0 Å². The average molecular weight is 267 g/mol. The van der Waals surface area contributed by atoms with Crippen molar-refractivity contribution in [2.75, 3.05) is 13.6 Å². The van der Waals surface area contributed by atoms with Crippen molar-refractivity contribution in [3.8, 4) is 0 Å². The van der Waals surface area contributed by atoms with Crippen LogP contribution in [0, 0.1) is 22.2 Å². The van der Waals surface area contributed by atoms with Crippen LogP contribution in [0.2, 0.25) is 0 Å². The molecular formula is C17H33NO. The van der Waals surface area contributed by atoms with Gasteiger partial charge in [-0.05, 0) is 42.7 Å². The first kappa shape index (κ1) is 18.4. The number of hydrogen-bond acceptors (Lipinski definition) is 2. The lowest BCUT2D eigenvalue weighted by atomic mass is 9.60. The maximum atomic E-state index is 11.7. The number of nitrogens with one attached hydrogen (secondary N) is 1. The summed E-state index contributed by atoms with van der Waals surface area (Å²) < 4.78 is 0. The Morgan fingerprint density at radius 1 is 1.11 bits per heavy atom. The van der Waals surface area contributed by atoms with Gasteiger partial charge in [0.1, 0.15) is 6.29 Å². The molecule has 2 heteroatoms. The normalized spacial score (nSPS) is 15.1. The summed E-state index contributed by atoms with van der Waals surface area (Å²) in [6.07, 6.45) is 5.13. The SMILES string of the molecule is C=CC(C)(C)CC(C)(C)C(C=O)C(C)(C)CCNC. The molecule has 0 rings (SSSR count). The molecule has 0 heterocycles. The molecule has 0 aliphatic heterocycles. The predicted octanol–water partition coefficient (Wildman–Crippen LogP) is 4.07. The van der Waals surface area contributed by atoms with Crippen LogP contribution in [0.15, 0.2) is 12.7 Å². The molecule has 0 aromatic heterocycles. The van der Waals surface area contributed by atoms with Crippen LogP contribution in [0.4, 0.5) is 0 Å². The number of rotatable bonds is 9.